The van der Waals surface area contributed by atoms with Gasteiger partial charge in [0.1, 0.15) is 5.75 Å². The minimum atomic E-state index is -0.980. The van der Waals surface area contributed by atoms with Gasteiger partial charge in [-0.15, -0.1) is 0 Å². The lowest BCUT2D eigenvalue weighted by Crippen LogP contribution is -2.26. The highest BCUT2D eigenvalue weighted by molar-refractivity contribution is 5.94. The predicted octanol–water partition coefficient (Wildman–Crippen LogP) is 3.22. The van der Waals surface area contributed by atoms with Gasteiger partial charge in [0, 0.05) is 18.9 Å². The SMILES string of the molecule is O=C(NCc1cccnc1)Oc1ccc2cc(C(=O)O)ccc2c1. The van der Waals surface area contributed by atoms with Crippen LogP contribution in [0.1, 0.15) is 15.9 Å². The molecule has 2 N–H and O–H groups in total. The topological polar surface area (TPSA) is 88.5 Å². The van der Waals surface area contributed by atoms with E-state index >= 15 is 0 Å². The lowest BCUT2D eigenvalue weighted by molar-refractivity contribution is 0.0697. The molecule has 6 nitrogen and oxygen atoms in total. The Morgan fingerprint density at radius 3 is 2.62 bits per heavy atom. The number of carbonyl (C=O) groups excluding carboxylic acids is 1. The maximum atomic E-state index is 11.8. The molecule has 0 atom stereocenters. The van der Waals surface area contributed by atoms with E-state index in [0.29, 0.717) is 12.3 Å². The third-order valence-electron chi connectivity index (χ3n) is 3.43. The second-order valence-corrected chi connectivity index (χ2v) is 5.13. The number of hydrogen-bond donors (Lipinski definition) is 2. The molecule has 0 saturated heterocycles. The molecule has 1 aromatic heterocycles. The van der Waals surface area contributed by atoms with Crippen molar-refractivity contribution in [3.05, 3.63) is 72.1 Å². The molecule has 0 spiro atoms. The Balaban J connectivity index is 1.67. The van der Waals surface area contributed by atoms with Crippen LogP contribution < -0.4 is 10.1 Å². The van der Waals surface area contributed by atoms with Gasteiger partial charge in [0.05, 0.1) is 5.56 Å². The molecule has 1 heterocycles. The maximum Gasteiger partial charge on any atom is 0.412 e. The Morgan fingerprint density at radius 2 is 1.88 bits per heavy atom. The summed E-state index contributed by atoms with van der Waals surface area (Å²) in [6.45, 7) is 0.322. The van der Waals surface area contributed by atoms with Crippen molar-refractivity contribution >= 4 is 22.8 Å². The molecule has 0 bridgehead atoms. The van der Waals surface area contributed by atoms with Gasteiger partial charge in [0.25, 0.3) is 0 Å². The first-order valence-electron chi connectivity index (χ1n) is 7.23. The normalized spacial score (nSPS) is 10.3. The molecule has 120 valence electrons. The average molecular weight is 322 g/mol. The zero-order chi connectivity index (χ0) is 16.9. The number of benzene rings is 2. The lowest BCUT2D eigenvalue weighted by Gasteiger charge is -2.08. The molecule has 2 aromatic carbocycles. The van der Waals surface area contributed by atoms with Gasteiger partial charge in [-0.3, -0.25) is 4.98 Å². The zero-order valence-electron chi connectivity index (χ0n) is 12.6. The summed E-state index contributed by atoms with van der Waals surface area (Å²) in [7, 11) is 0. The van der Waals surface area contributed by atoms with Crippen molar-refractivity contribution in [2.24, 2.45) is 0 Å². The Kier molecular flexibility index (Phi) is 4.38. The maximum absolute atomic E-state index is 11.8. The van der Waals surface area contributed by atoms with Crippen molar-refractivity contribution in [1.82, 2.24) is 10.3 Å². The Labute approximate surface area is 137 Å². The number of nitrogens with zero attached hydrogens (tertiary/aromatic N) is 1. The number of carboxylic acids is 1. The van der Waals surface area contributed by atoms with Crippen LogP contribution in [-0.4, -0.2) is 22.2 Å². The van der Waals surface area contributed by atoms with Crippen LogP contribution in [0.15, 0.2) is 60.9 Å². The standard InChI is InChI=1S/C18H14N2O4/c21-17(22)15-4-3-14-9-16(6-5-13(14)8-15)24-18(23)20-11-12-2-1-7-19-10-12/h1-10H,11H2,(H,20,23)(H,21,22). The number of carboxylic acid groups (broad SMARTS) is 1. The number of nitrogens with one attached hydrogen (secondary N) is 1. The van der Waals surface area contributed by atoms with Crippen molar-refractivity contribution in [2.75, 3.05) is 0 Å². The molecule has 3 aromatic rings. The summed E-state index contributed by atoms with van der Waals surface area (Å²) in [6.07, 6.45) is 2.75. The number of hydrogen-bond acceptors (Lipinski definition) is 4. The van der Waals surface area contributed by atoms with Crippen LogP contribution in [0.4, 0.5) is 4.79 Å². The molecule has 0 aliphatic rings. The van der Waals surface area contributed by atoms with Crippen molar-refractivity contribution in [1.29, 1.82) is 0 Å². The van der Waals surface area contributed by atoms with Crippen LogP contribution in [-0.2, 0) is 6.54 Å². The van der Waals surface area contributed by atoms with Gasteiger partial charge in [-0.2, -0.15) is 0 Å². The highest BCUT2D eigenvalue weighted by atomic mass is 16.6. The summed E-state index contributed by atoms with van der Waals surface area (Å²) in [5.74, 6) is -0.596. The van der Waals surface area contributed by atoms with Crippen LogP contribution in [0.2, 0.25) is 0 Å². The first-order chi connectivity index (χ1) is 11.6. The van der Waals surface area contributed by atoms with E-state index in [9.17, 15) is 9.59 Å². The molecular weight excluding hydrogens is 308 g/mol. The summed E-state index contributed by atoms with van der Waals surface area (Å²) in [5.41, 5.74) is 1.08. The van der Waals surface area contributed by atoms with E-state index in [1.807, 2.05) is 6.07 Å². The third-order valence-corrected chi connectivity index (χ3v) is 3.43. The van der Waals surface area contributed by atoms with Crippen molar-refractivity contribution in [3.63, 3.8) is 0 Å². The first-order valence-corrected chi connectivity index (χ1v) is 7.23. The molecule has 0 aliphatic carbocycles. The highest BCUT2D eigenvalue weighted by Crippen LogP contribution is 2.22. The minimum absolute atomic E-state index is 0.213. The largest absolute Gasteiger partial charge is 0.478 e. The van der Waals surface area contributed by atoms with Gasteiger partial charge in [0.2, 0.25) is 0 Å². The van der Waals surface area contributed by atoms with Crippen LogP contribution in [0, 0.1) is 0 Å². The van der Waals surface area contributed by atoms with E-state index < -0.39 is 12.1 Å². The number of pyridine rings is 1. The summed E-state index contributed by atoms with van der Waals surface area (Å²) in [5, 5.41) is 13.2. The summed E-state index contributed by atoms with van der Waals surface area (Å²) in [4.78, 5) is 26.8. The van der Waals surface area contributed by atoms with Crippen molar-refractivity contribution < 1.29 is 19.4 Å². The zero-order valence-corrected chi connectivity index (χ0v) is 12.6. The van der Waals surface area contributed by atoms with Gasteiger partial charge in [-0.25, -0.2) is 9.59 Å². The second kappa shape index (κ2) is 6.78. The van der Waals surface area contributed by atoms with Gasteiger partial charge >= 0.3 is 12.1 Å². The van der Waals surface area contributed by atoms with E-state index in [0.717, 1.165) is 16.3 Å². The van der Waals surface area contributed by atoms with Crippen LogP contribution in [0.25, 0.3) is 10.8 Å². The Hall–Kier alpha value is -3.41. The number of amides is 1. The smallest absolute Gasteiger partial charge is 0.412 e. The van der Waals surface area contributed by atoms with E-state index in [4.69, 9.17) is 9.84 Å². The van der Waals surface area contributed by atoms with E-state index in [1.165, 1.54) is 6.07 Å². The first kappa shape index (κ1) is 15.5. The van der Waals surface area contributed by atoms with Crippen molar-refractivity contribution in [2.45, 2.75) is 6.54 Å². The quantitative estimate of drug-likeness (QED) is 0.770. The minimum Gasteiger partial charge on any atom is -0.478 e. The number of aromatic nitrogens is 1. The van der Waals surface area contributed by atoms with E-state index in [1.54, 1.807) is 48.8 Å². The van der Waals surface area contributed by atoms with Gasteiger partial charge in [-0.1, -0.05) is 18.2 Å². The number of fused-ring (bicyclic) bond motifs is 1. The molecular formula is C18H14N2O4. The molecule has 6 heteroatoms. The Morgan fingerprint density at radius 1 is 1.08 bits per heavy atom. The molecule has 0 saturated carbocycles. The molecule has 0 unspecified atom stereocenters. The summed E-state index contributed by atoms with van der Waals surface area (Å²) >= 11 is 0. The molecule has 0 aliphatic heterocycles. The van der Waals surface area contributed by atoms with Crippen molar-refractivity contribution in [3.8, 4) is 5.75 Å². The fraction of sp³-hybridized carbons (Fsp3) is 0.0556. The summed E-state index contributed by atoms with van der Waals surface area (Å²) in [6, 6.07) is 13.4. The molecule has 0 fully saturated rings. The number of aromatic carboxylic acids is 1. The number of rotatable bonds is 4. The van der Waals surface area contributed by atoms with Gasteiger partial charge in [-0.05, 0) is 46.7 Å². The monoisotopic (exact) mass is 322 g/mol. The van der Waals surface area contributed by atoms with Gasteiger partial charge in [0.15, 0.2) is 0 Å². The lowest BCUT2D eigenvalue weighted by atomic mass is 10.1. The predicted molar refractivity (Wildman–Crippen MR) is 88.0 cm³/mol. The fourth-order valence-corrected chi connectivity index (χ4v) is 2.24. The molecule has 0 radical (unpaired) electrons. The van der Waals surface area contributed by atoms with Crippen LogP contribution >= 0.6 is 0 Å². The van der Waals surface area contributed by atoms with Gasteiger partial charge < -0.3 is 15.2 Å². The summed E-state index contributed by atoms with van der Waals surface area (Å²) < 4.78 is 5.24. The molecule has 3 rings (SSSR count). The second-order valence-electron chi connectivity index (χ2n) is 5.13. The van der Waals surface area contributed by atoms with Crippen LogP contribution in [0.5, 0.6) is 5.75 Å². The molecule has 24 heavy (non-hydrogen) atoms. The fourth-order valence-electron chi connectivity index (χ4n) is 2.24. The third kappa shape index (κ3) is 3.67. The Bertz CT molecular complexity index is 894. The highest BCUT2D eigenvalue weighted by Gasteiger charge is 2.07. The number of carbonyl (C=O) groups is 2. The van der Waals surface area contributed by atoms with Crippen LogP contribution in [0.3, 0.4) is 0 Å². The molecule has 1 amide bonds. The van der Waals surface area contributed by atoms with E-state index in [2.05, 4.69) is 10.3 Å². The number of ether oxygens (including phenoxy) is 1. The average Bonchev–Trinajstić information content (AvgIpc) is 2.60. The van der Waals surface area contributed by atoms with E-state index in [-0.39, 0.29) is 5.56 Å².